The third-order valence-corrected chi connectivity index (χ3v) is 8.86. The summed E-state index contributed by atoms with van der Waals surface area (Å²) in [6.07, 6.45) is -3.86. The maximum Gasteiger partial charge on any atom is 0.416 e. The first-order valence-corrected chi connectivity index (χ1v) is 16.9. The van der Waals surface area contributed by atoms with Gasteiger partial charge in [-0.05, 0) is 48.2 Å². The Bertz CT molecular complexity index is 1550. The molecule has 1 atom stereocenters. The molecule has 244 valence electrons. The fourth-order valence-electron chi connectivity index (χ4n) is 4.67. The Morgan fingerprint density at radius 2 is 1.56 bits per heavy atom. The number of nitrogens with one attached hydrogen (secondary N) is 1. The van der Waals surface area contributed by atoms with E-state index in [4.69, 9.17) is 23.2 Å². The van der Waals surface area contributed by atoms with E-state index in [0.29, 0.717) is 22.2 Å². The van der Waals surface area contributed by atoms with Crippen molar-refractivity contribution in [2.45, 2.75) is 51.9 Å². The lowest BCUT2D eigenvalue weighted by molar-refractivity contribution is -0.141. The molecule has 0 heterocycles. The quantitative estimate of drug-likeness (QED) is 0.199. The maximum atomic E-state index is 13.9. The largest absolute Gasteiger partial charge is 0.416 e. The summed E-state index contributed by atoms with van der Waals surface area (Å²) in [6.45, 7) is 3.88. The van der Waals surface area contributed by atoms with Gasteiger partial charge in [-0.25, -0.2) is 8.42 Å². The zero-order valence-electron chi connectivity index (χ0n) is 25.2. The Labute approximate surface area is 272 Å². The number of benzene rings is 3. The lowest BCUT2D eigenvalue weighted by Crippen LogP contribution is -2.51. The second-order valence-electron chi connectivity index (χ2n) is 11.1. The van der Waals surface area contributed by atoms with E-state index >= 15 is 0 Å². The van der Waals surface area contributed by atoms with Crippen molar-refractivity contribution in [3.8, 4) is 0 Å². The molecule has 2 amide bonds. The fraction of sp³-hybridized carbons (Fsp3) is 0.375. The fourth-order valence-corrected chi connectivity index (χ4v) is 6.15. The Balaban J connectivity index is 1.94. The van der Waals surface area contributed by atoms with Crippen molar-refractivity contribution in [2.24, 2.45) is 5.92 Å². The zero-order valence-corrected chi connectivity index (χ0v) is 27.5. The minimum atomic E-state index is -4.67. The molecule has 0 aliphatic heterocycles. The van der Waals surface area contributed by atoms with Crippen molar-refractivity contribution in [2.75, 3.05) is 23.7 Å². The number of alkyl halides is 3. The minimum Gasteiger partial charge on any atom is -0.354 e. The van der Waals surface area contributed by atoms with E-state index in [1.54, 1.807) is 18.2 Å². The van der Waals surface area contributed by atoms with Gasteiger partial charge in [0.25, 0.3) is 0 Å². The van der Waals surface area contributed by atoms with Crippen LogP contribution in [0.3, 0.4) is 0 Å². The molecule has 0 fully saturated rings. The molecular weight excluding hydrogens is 650 g/mol. The standard InChI is InChI=1S/C32H36Cl2F3N3O4S/c1-22(2)20-38-31(42)29(18-23-10-5-4-6-11-23)39(21-26-27(33)14-8-15-28(26)34)30(41)16-9-17-40(45(3,43)44)25-13-7-12-24(19-25)32(35,36)37/h4-8,10-15,19,22,29H,9,16-18,20-21H2,1-3H3,(H,38,42). The second-order valence-corrected chi connectivity index (χ2v) is 13.8. The second kappa shape index (κ2) is 15.8. The van der Waals surface area contributed by atoms with Gasteiger partial charge in [0, 0.05) is 48.1 Å². The third-order valence-electron chi connectivity index (χ3n) is 6.96. The van der Waals surface area contributed by atoms with E-state index in [0.717, 1.165) is 34.3 Å². The molecule has 0 saturated carbocycles. The summed E-state index contributed by atoms with van der Waals surface area (Å²) in [6, 6.07) is 17.1. The van der Waals surface area contributed by atoms with Crippen LogP contribution in [-0.2, 0) is 38.8 Å². The summed E-state index contributed by atoms with van der Waals surface area (Å²) in [5, 5.41) is 3.51. The van der Waals surface area contributed by atoms with Gasteiger partial charge in [0.1, 0.15) is 6.04 Å². The van der Waals surface area contributed by atoms with E-state index < -0.39 is 33.7 Å². The minimum absolute atomic E-state index is 0.0411. The van der Waals surface area contributed by atoms with Gasteiger partial charge in [0.2, 0.25) is 21.8 Å². The van der Waals surface area contributed by atoms with Gasteiger partial charge in [-0.1, -0.05) is 79.5 Å². The monoisotopic (exact) mass is 685 g/mol. The smallest absolute Gasteiger partial charge is 0.354 e. The molecule has 3 aromatic rings. The van der Waals surface area contributed by atoms with Crippen molar-refractivity contribution >= 4 is 50.7 Å². The summed E-state index contributed by atoms with van der Waals surface area (Å²) < 4.78 is 66.1. The van der Waals surface area contributed by atoms with Crippen LogP contribution in [0, 0.1) is 5.92 Å². The molecule has 13 heteroatoms. The average molecular weight is 687 g/mol. The van der Waals surface area contributed by atoms with Crippen LogP contribution in [0.15, 0.2) is 72.8 Å². The van der Waals surface area contributed by atoms with Crippen LogP contribution in [0.5, 0.6) is 0 Å². The number of halogens is 5. The van der Waals surface area contributed by atoms with Crippen LogP contribution in [0.1, 0.15) is 43.4 Å². The number of hydrogen-bond acceptors (Lipinski definition) is 4. The number of carbonyl (C=O) groups excluding carboxylic acids is 2. The molecule has 0 aliphatic rings. The lowest BCUT2D eigenvalue weighted by Gasteiger charge is -2.32. The third kappa shape index (κ3) is 10.6. The summed E-state index contributed by atoms with van der Waals surface area (Å²) in [7, 11) is -4.00. The maximum absolute atomic E-state index is 13.9. The molecular formula is C32H36Cl2F3N3O4S. The Hall–Kier alpha value is -3.28. The average Bonchev–Trinajstić information content (AvgIpc) is 2.96. The molecule has 3 aromatic carbocycles. The van der Waals surface area contributed by atoms with Crippen molar-refractivity contribution in [1.82, 2.24) is 10.2 Å². The summed E-state index contributed by atoms with van der Waals surface area (Å²) >= 11 is 12.9. The van der Waals surface area contributed by atoms with Gasteiger partial charge in [-0.3, -0.25) is 13.9 Å². The predicted molar refractivity (Wildman–Crippen MR) is 172 cm³/mol. The molecule has 0 saturated heterocycles. The highest BCUT2D eigenvalue weighted by molar-refractivity contribution is 7.92. The van der Waals surface area contributed by atoms with E-state index in [1.807, 2.05) is 44.2 Å². The first-order valence-electron chi connectivity index (χ1n) is 14.3. The van der Waals surface area contributed by atoms with Crippen molar-refractivity contribution in [3.63, 3.8) is 0 Å². The van der Waals surface area contributed by atoms with Crippen LogP contribution in [-0.4, -0.2) is 50.5 Å². The van der Waals surface area contributed by atoms with Gasteiger partial charge in [0.05, 0.1) is 17.5 Å². The van der Waals surface area contributed by atoms with Gasteiger partial charge < -0.3 is 10.2 Å². The topological polar surface area (TPSA) is 86.8 Å². The number of hydrogen-bond donors (Lipinski definition) is 1. The number of nitrogens with zero attached hydrogens (tertiary/aromatic N) is 2. The van der Waals surface area contributed by atoms with Crippen LogP contribution in [0.2, 0.25) is 10.0 Å². The van der Waals surface area contributed by atoms with Crippen LogP contribution in [0.4, 0.5) is 18.9 Å². The van der Waals surface area contributed by atoms with Gasteiger partial charge >= 0.3 is 6.18 Å². The molecule has 7 nitrogen and oxygen atoms in total. The number of rotatable bonds is 14. The Kier molecular flexibility index (Phi) is 12.7. The van der Waals surface area contributed by atoms with Crippen molar-refractivity contribution in [3.05, 3.63) is 99.5 Å². The summed E-state index contributed by atoms with van der Waals surface area (Å²) in [5.41, 5.74) is 0.0712. The first kappa shape index (κ1) is 36.2. The van der Waals surface area contributed by atoms with Gasteiger partial charge in [-0.2, -0.15) is 13.2 Å². The summed E-state index contributed by atoms with van der Waals surface area (Å²) in [5.74, 6) is -0.721. The van der Waals surface area contributed by atoms with Gasteiger partial charge in [0.15, 0.2) is 0 Å². The van der Waals surface area contributed by atoms with Crippen LogP contribution >= 0.6 is 23.2 Å². The number of sulfonamides is 1. The molecule has 3 rings (SSSR count). The highest BCUT2D eigenvalue weighted by Gasteiger charge is 2.33. The van der Waals surface area contributed by atoms with Crippen LogP contribution in [0.25, 0.3) is 0 Å². The van der Waals surface area contributed by atoms with Crippen molar-refractivity contribution in [1.29, 1.82) is 0 Å². The number of anilines is 1. The number of carbonyl (C=O) groups is 2. The lowest BCUT2D eigenvalue weighted by atomic mass is 10.0. The zero-order chi connectivity index (χ0) is 33.4. The SMILES string of the molecule is CC(C)CNC(=O)C(Cc1ccccc1)N(Cc1c(Cl)cccc1Cl)C(=O)CCCN(c1cccc(C(F)(F)F)c1)S(C)(=O)=O. The number of amides is 2. The molecule has 0 aromatic heterocycles. The van der Waals surface area contributed by atoms with E-state index in [-0.39, 0.29) is 49.9 Å². The molecule has 0 spiro atoms. The highest BCUT2D eigenvalue weighted by atomic mass is 35.5. The molecule has 1 N–H and O–H groups in total. The normalized spacial score (nSPS) is 12.6. The Morgan fingerprint density at radius 3 is 2.13 bits per heavy atom. The van der Waals surface area contributed by atoms with Crippen molar-refractivity contribution < 1.29 is 31.2 Å². The highest BCUT2D eigenvalue weighted by Crippen LogP contribution is 2.32. The first-order chi connectivity index (χ1) is 21.1. The van der Waals surface area contributed by atoms with Crippen LogP contribution < -0.4 is 9.62 Å². The summed E-state index contributed by atoms with van der Waals surface area (Å²) in [4.78, 5) is 28.9. The molecule has 0 bridgehead atoms. The molecule has 45 heavy (non-hydrogen) atoms. The van der Waals surface area contributed by atoms with E-state index in [9.17, 15) is 31.2 Å². The van der Waals surface area contributed by atoms with E-state index in [1.165, 1.54) is 11.0 Å². The predicted octanol–water partition coefficient (Wildman–Crippen LogP) is 6.97. The van der Waals surface area contributed by atoms with Gasteiger partial charge in [-0.15, -0.1) is 0 Å². The molecule has 0 radical (unpaired) electrons. The Morgan fingerprint density at radius 1 is 0.933 bits per heavy atom. The molecule has 1 unspecified atom stereocenters. The van der Waals surface area contributed by atoms with E-state index in [2.05, 4.69) is 5.32 Å². The molecule has 0 aliphatic carbocycles.